The maximum absolute atomic E-state index is 13.8. The summed E-state index contributed by atoms with van der Waals surface area (Å²) in [5, 5.41) is 1.58. The highest BCUT2D eigenvalue weighted by molar-refractivity contribution is 5.82. The molecule has 0 atom stereocenters. The predicted octanol–water partition coefficient (Wildman–Crippen LogP) is 4.37. The van der Waals surface area contributed by atoms with Gasteiger partial charge in [0.1, 0.15) is 23.8 Å². The first-order valence-corrected chi connectivity index (χ1v) is 7.80. The molecule has 0 spiro atoms. The molecule has 25 heavy (non-hydrogen) atoms. The van der Waals surface area contributed by atoms with Crippen LogP contribution in [0.3, 0.4) is 0 Å². The van der Waals surface area contributed by atoms with Crippen molar-refractivity contribution in [1.82, 2.24) is 4.98 Å². The van der Waals surface area contributed by atoms with Gasteiger partial charge in [0.2, 0.25) is 0 Å². The van der Waals surface area contributed by atoms with Crippen LogP contribution in [0.5, 0.6) is 5.75 Å². The first-order valence-electron chi connectivity index (χ1n) is 7.80. The number of pyridine rings is 1. The molecule has 0 aliphatic carbocycles. The molecule has 2 aromatic carbocycles. The predicted molar refractivity (Wildman–Crippen MR) is 93.3 cm³/mol. The number of hydrogen-bond acceptors (Lipinski definition) is 4. The van der Waals surface area contributed by atoms with Crippen LogP contribution in [0.15, 0.2) is 63.9 Å². The van der Waals surface area contributed by atoms with E-state index in [4.69, 9.17) is 9.15 Å². The third-order valence-electron chi connectivity index (χ3n) is 4.07. The molecule has 0 aliphatic rings. The van der Waals surface area contributed by atoms with E-state index in [0.717, 1.165) is 16.3 Å². The van der Waals surface area contributed by atoms with E-state index in [-0.39, 0.29) is 12.4 Å². The van der Waals surface area contributed by atoms with Gasteiger partial charge in [-0.1, -0.05) is 6.07 Å². The van der Waals surface area contributed by atoms with Crippen molar-refractivity contribution in [1.29, 1.82) is 0 Å². The lowest BCUT2D eigenvalue weighted by atomic mass is 10.1. The minimum atomic E-state index is -0.400. The van der Waals surface area contributed by atoms with Gasteiger partial charge < -0.3 is 9.15 Å². The Morgan fingerprint density at radius 1 is 1.16 bits per heavy atom. The van der Waals surface area contributed by atoms with E-state index in [2.05, 4.69) is 4.98 Å². The number of benzene rings is 2. The minimum absolute atomic E-state index is 0.160. The normalized spacial score (nSPS) is 11.1. The van der Waals surface area contributed by atoms with Crippen LogP contribution in [0.4, 0.5) is 4.39 Å². The summed E-state index contributed by atoms with van der Waals surface area (Å²) in [5.74, 6) is 0.203. The highest BCUT2D eigenvalue weighted by atomic mass is 19.1. The second-order valence-corrected chi connectivity index (χ2v) is 5.84. The van der Waals surface area contributed by atoms with E-state index in [1.54, 1.807) is 24.4 Å². The molecule has 124 valence electrons. The molecule has 4 nitrogen and oxygen atoms in total. The van der Waals surface area contributed by atoms with E-state index in [0.29, 0.717) is 22.4 Å². The molecule has 0 fully saturated rings. The maximum Gasteiger partial charge on any atom is 0.336 e. The van der Waals surface area contributed by atoms with Crippen LogP contribution >= 0.6 is 0 Å². The van der Waals surface area contributed by atoms with Crippen molar-refractivity contribution in [3.05, 3.63) is 82.1 Å². The lowest BCUT2D eigenvalue weighted by Gasteiger charge is -2.10. The van der Waals surface area contributed by atoms with Gasteiger partial charge in [0.05, 0.1) is 5.52 Å². The topological polar surface area (TPSA) is 52.3 Å². The lowest BCUT2D eigenvalue weighted by molar-refractivity contribution is 0.307. The second kappa shape index (κ2) is 6.02. The standard InChI is InChI=1S/C20H14FNO3/c1-12-7-19(23)25-18-10-16(4-5-17(12)18)24-11-14-9-15(21)8-13-3-2-6-22-20(13)14/h2-10H,11H2,1H3. The quantitative estimate of drug-likeness (QED) is 0.522. The Balaban J connectivity index is 1.68. The fourth-order valence-electron chi connectivity index (χ4n) is 2.89. The fraction of sp³-hybridized carbons (Fsp3) is 0.100. The molecule has 0 aliphatic heterocycles. The molecular weight excluding hydrogens is 321 g/mol. The number of nitrogens with zero attached hydrogens (tertiary/aromatic N) is 1. The number of fused-ring (bicyclic) bond motifs is 2. The van der Waals surface area contributed by atoms with Crippen LogP contribution in [0.1, 0.15) is 11.1 Å². The van der Waals surface area contributed by atoms with Crippen molar-refractivity contribution >= 4 is 21.9 Å². The van der Waals surface area contributed by atoms with Crippen LogP contribution in [0.25, 0.3) is 21.9 Å². The Hall–Kier alpha value is -3.21. The molecule has 0 radical (unpaired) electrons. The number of ether oxygens (including phenoxy) is 1. The SMILES string of the molecule is Cc1cc(=O)oc2cc(OCc3cc(F)cc4cccnc34)ccc12. The lowest BCUT2D eigenvalue weighted by Crippen LogP contribution is -2.00. The molecule has 0 bridgehead atoms. The maximum atomic E-state index is 13.8. The van der Waals surface area contributed by atoms with E-state index >= 15 is 0 Å². The Morgan fingerprint density at radius 3 is 2.92 bits per heavy atom. The van der Waals surface area contributed by atoms with Gasteiger partial charge in [0.25, 0.3) is 0 Å². The Labute approximate surface area is 142 Å². The molecule has 2 aromatic heterocycles. The average Bonchev–Trinajstić information content (AvgIpc) is 2.59. The zero-order valence-electron chi connectivity index (χ0n) is 13.5. The molecular formula is C20H14FNO3. The molecule has 4 aromatic rings. The van der Waals surface area contributed by atoms with Crippen molar-refractivity contribution in [3.63, 3.8) is 0 Å². The monoisotopic (exact) mass is 335 g/mol. The Bertz CT molecular complexity index is 1150. The van der Waals surface area contributed by atoms with Crippen LogP contribution in [0.2, 0.25) is 0 Å². The first-order chi connectivity index (χ1) is 12.1. The second-order valence-electron chi connectivity index (χ2n) is 5.84. The zero-order valence-corrected chi connectivity index (χ0v) is 13.5. The molecule has 2 heterocycles. The molecule has 0 amide bonds. The van der Waals surface area contributed by atoms with Gasteiger partial charge in [-0.05, 0) is 42.8 Å². The summed E-state index contributed by atoms with van der Waals surface area (Å²) in [4.78, 5) is 15.8. The van der Waals surface area contributed by atoms with Crippen molar-refractivity contribution in [3.8, 4) is 5.75 Å². The minimum Gasteiger partial charge on any atom is -0.489 e. The van der Waals surface area contributed by atoms with Crippen LogP contribution in [0, 0.1) is 12.7 Å². The number of aromatic nitrogens is 1. The largest absolute Gasteiger partial charge is 0.489 e. The molecule has 0 saturated heterocycles. The summed E-state index contributed by atoms with van der Waals surface area (Å²) in [7, 11) is 0. The number of hydrogen-bond donors (Lipinski definition) is 0. The van der Waals surface area contributed by atoms with Gasteiger partial charge in [-0.15, -0.1) is 0 Å². The van der Waals surface area contributed by atoms with Crippen molar-refractivity contribution in [2.45, 2.75) is 13.5 Å². The summed E-state index contributed by atoms with van der Waals surface area (Å²) in [6.45, 7) is 2.01. The first kappa shape index (κ1) is 15.3. The van der Waals surface area contributed by atoms with Crippen LogP contribution in [-0.2, 0) is 6.61 Å². The van der Waals surface area contributed by atoms with E-state index in [1.165, 1.54) is 18.2 Å². The van der Waals surface area contributed by atoms with Crippen molar-refractivity contribution in [2.75, 3.05) is 0 Å². The molecule has 5 heteroatoms. The van der Waals surface area contributed by atoms with Crippen LogP contribution < -0.4 is 10.4 Å². The average molecular weight is 335 g/mol. The third-order valence-corrected chi connectivity index (χ3v) is 4.07. The molecule has 0 unspecified atom stereocenters. The van der Waals surface area contributed by atoms with E-state index < -0.39 is 5.63 Å². The van der Waals surface area contributed by atoms with Crippen molar-refractivity contribution < 1.29 is 13.5 Å². The van der Waals surface area contributed by atoms with Gasteiger partial charge in [-0.25, -0.2) is 9.18 Å². The highest BCUT2D eigenvalue weighted by Crippen LogP contribution is 2.24. The smallest absolute Gasteiger partial charge is 0.336 e. The number of halogens is 1. The van der Waals surface area contributed by atoms with Gasteiger partial charge in [-0.3, -0.25) is 4.98 Å². The third kappa shape index (κ3) is 2.96. The highest BCUT2D eigenvalue weighted by Gasteiger charge is 2.08. The summed E-state index contributed by atoms with van der Waals surface area (Å²) in [6, 6.07) is 13.2. The van der Waals surface area contributed by atoms with Gasteiger partial charge in [0, 0.05) is 34.7 Å². The fourth-order valence-corrected chi connectivity index (χ4v) is 2.89. The van der Waals surface area contributed by atoms with Crippen LogP contribution in [-0.4, -0.2) is 4.98 Å². The van der Waals surface area contributed by atoms with Gasteiger partial charge in [-0.2, -0.15) is 0 Å². The summed E-state index contributed by atoms with van der Waals surface area (Å²) in [6.07, 6.45) is 1.66. The van der Waals surface area contributed by atoms with Gasteiger partial charge >= 0.3 is 5.63 Å². The van der Waals surface area contributed by atoms with Gasteiger partial charge in [0.15, 0.2) is 0 Å². The van der Waals surface area contributed by atoms with Crippen molar-refractivity contribution in [2.24, 2.45) is 0 Å². The molecule has 0 saturated carbocycles. The van der Waals surface area contributed by atoms with E-state index in [1.807, 2.05) is 19.1 Å². The summed E-state index contributed by atoms with van der Waals surface area (Å²) < 4.78 is 24.8. The molecule has 4 rings (SSSR count). The Kier molecular flexibility index (Phi) is 3.69. The number of rotatable bonds is 3. The molecule has 0 N–H and O–H groups in total. The zero-order chi connectivity index (χ0) is 17.4. The summed E-state index contributed by atoms with van der Waals surface area (Å²) in [5.41, 5.74) is 2.26. The summed E-state index contributed by atoms with van der Waals surface area (Å²) >= 11 is 0. The number of aryl methyl sites for hydroxylation is 1. The Morgan fingerprint density at radius 2 is 2.04 bits per heavy atom. The van der Waals surface area contributed by atoms with E-state index in [9.17, 15) is 9.18 Å².